The topological polar surface area (TPSA) is 30.7 Å². The molecule has 0 amide bonds. The molecule has 0 fully saturated rings. The molecule has 0 unspecified atom stereocenters. The van der Waals surface area contributed by atoms with Gasteiger partial charge in [0.1, 0.15) is 0 Å². The summed E-state index contributed by atoms with van der Waals surface area (Å²) in [6.45, 7) is 4.56. The van der Waals surface area contributed by atoms with Gasteiger partial charge in [-0.15, -0.1) is 0 Å². The van der Waals surface area contributed by atoms with Gasteiger partial charge in [-0.05, 0) is 41.4 Å². The second-order valence-electron chi connectivity index (χ2n) is 3.65. The Bertz CT molecular complexity index is 522. The molecule has 0 bridgehead atoms. The minimum atomic E-state index is 0.686. The Morgan fingerprint density at radius 2 is 2.12 bits per heavy atom. The highest BCUT2D eigenvalue weighted by Crippen LogP contribution is 2.20. The lowest BCUT2D eigenvalue weighted by Crippen LogP contribution is -2.04. The van der Waals surface area contributed by atoms with E-state index in [1.54, 1.807) is 6.20 Å². The van der Waals surface area contributed by atoms with Crippen LogP contribution in [0.1, 0.15) is 17.0 Å². The maximum Gasteiger partial charge on any atom is 0.0844 e. The first kappa shape index (κ1) is 11.6. The number of pyridine rings is 1. The summed E-state index contributed by atoms with van der Waals surface area (Å²) < 4.78 is 2.86. The van der Waals surface area contributed by atoms with Gasteiger partial charge in [-0.2, -0.15) is 5.10 Å². The Morgan fingerprint density at radius 3 is 2.69 bits per heavy atom. The maximum absolute atomic E-state index is 6.09. The molecule has 0 atom stereocenters. The summed E-state index contributed by atoms with van der Waals surface area (Å²) in [6, 6.07) is 2.03. The fourth-order valence-electron chi connectivity index (χ4n) is 1.54. The van der Waals surface area contributed by atoms with Crippen molar-refractivity contribution >= 4 is 27.5 Å². The average Bonchev–Trinajstić information content (AvgIpc) is 2.47. The summed E-state index contributed by atoms with van der Waals surface area (Å²) in [6.07, 6.45) is 3.59. The molecule has 2 heterocycles. The van der Waals surface area contributed by atoms with Gasteiger partial charge < -0.3 is 0 Å². The Kier molecular flexibility index (Phi) is 3.30. The van der Waals surface area contributed by atoms with Gasteiger partial charge in [-0.25, -0.2) is 0 Å². The molecular weight excluding hydrogens is 289 g/mol. The van der Waals surface area contributed by atoms with Crippen LogP contribution in [0.2, 0.25) is 5.02 Å². The summed E-state index contributed by atoms with van der Waals surface area (Å²) >= 11 is 9.48. The zero-order chi connectivity index (χ0) is 11.7. The van der Waals surface area contributed by atoms with E-state index >= 15 is 0 Å². The van der Waals surface area contributed by atoms with Crippen molar-refractivity contribution in [3.05, 3.63) is 44.9 Å². The quantitative estimate of drug-likeness (QED) is 0.851. The zero-order valence-electron chi connectivity index (χ0n) is 9.04. The van der Waals surface area contributed by atoms with Crippen LogP contribution >= 0.6 is 27.5 Å². The van der Waals surface area contributed by atoms with Crippen molar-refractivity contribution in [1.29, 1.82) is 0 Å². The monoisotopic (exact) mass is 299 g/mol. The van der Waals surface area contributed by atoms with E-state index in [4.69, 9.17) is 11.6 Å². The Labute approximate surface area is 108 Å². The summed E-state index contributed by atoms with van der Waals surface area (Å²) in [5.74, 6) is 0. The van der Waals surface area contributed by atoms with Crippen LogP contribution in [-0.2, 0) is 6.54 Å². The van der Waals surface area contributed by atoms with Crippen molar-refractivity contribution in [3.63, 3.8) is 0 Å². The molecular formula is C11H11BrClN3. The highest BCUT2D eigenvalue weighted by molar-refractivity contribution is 9.10. The third-order valence-corrected chi connectivity index (χ3v) is 3.37. The van der Waals surface area contributed by atoms with Crippen molar-refractivity contribution in [1.82, 2.24) is 14.8 Å². The van der Waals surface area contributed by atoms with Gasteiger partial charge in [0.15, 0.2) is 0 Å². The van der Waals surface area contributed by atoms with Crippen LogP contribution in [0, 0.1) is 13.8 Å². The summed E-state index contributed by atoms with van der Waals surface area (Å²) in [5.41, 5.74) is 2.94. The van der Waals surface area contributed by atoms with Crippen LogP contribution in [0.3, 0.4) is 0 Å². The van der Waals surface area contributed by atoms with E-state index in [2.05, 4.69) is 26.0 Å². The first-order valence-electron chi connectivity index (χ1n) is 4.87. The predicted molar refractivity (Wildman–Crippen MR) is 67.8 cm³/mol. The van der Waals surface area contributed by atoms with E-state index < -0.39 is 0 Å². The van der Waals surface area contributed by atoms with E-state index in [0.717, 1.165) is 26.4 Å². The van der Waals surface area contributed by atoms with Gasteiger partial charge in [0.2, 0.25) is 0 Å². The van der Waals surface area contributed by atoms with Crippen LogP contribution in [0.25, 0.3) is 0 Å². The van der Waals surface area contributed by atoms with Gasteiger partial charge in [0.25, 0.3) is 0 Å². The molecule has 3 nitrogen and oxygen atoms in total. The lowest BCUT2D eigenvalue weighted by atomic mass is 10.3. The molecule has 5 heteroatoms. The lowest BCUT2D eigenvalue weighted by molar-refractivity contribution is 0.657. The smallest absolute Gasteiger partial charge is 0.0844 e. The van der Waals surface area contributed by atoms with E-state index in [-0.39, 0.29) is 0 Å². The van der Waals surface area contributed by atoms with Gasteiger partial charge in [-0.1, -0.05) is 11.6 Å². The van der Waals surface area contributed by atoms with Gasteiger partial charge >= 0.3 is 0 Å². The van der Waals surface area contributed by atoms with Crippen LogP contribution in [-0.4, -0.2) is 14.8 Å². The second-order valence-corrected chi connectivity index (χ2v) is 4.95. The standard InChI is InChI=1S/C11H11BrClN3/c1-7-11(13)8(2)16(15-7)6-9-3-10(12)5-14-4-9/h3-5H,6H2,1-2H3. The number of nitrogens with zero attached hydrogens (tertiary/aromatic N) is 3. The van der Waals surface area contributed by atoms with E-state index in [9.17, 15) is 0 Å². The Hall–Kier alpha value is -0.870. The van der Waals surface area contributed by atoms with E-state index in [0.29, 0.717) is 6.54 Å². The molecule has 2 rings (SSSR count). The number of rotatable bonds is 2. The first-order chi connectivity index (χ1) is 7.58. The first-order valence-corrected chi connectivity index (χ1v) is 6.04. The molecule has 0 saturated carbocycles. The van der Waals surface area contributed by atoms with Crippen LogP contribution < -0.4 is 0 Å². The number of aromatic nitrogens is 3. The molecule has 2 aromatic heterocycles. The zero-order valence-corrected chi connectivity index (χ0v) is 11.4. The number of hydrogen-bond acceptors (Lipinski definition) is 2. The van der Waals surface area contributed by atoms with Crippen molar-refractivity contribution in [2.24, 2.45) is 0 Å². The fourth-order valence-corrected chi connectivity index (χ4v) is 2.09. The van der Waals surface area contributed by atoms with Crippen molar-refractivity contribution < 1.29 is 0 Å². The van der Waals surface area contributed by atoms with Crippen molar-refractivity contribution in [2.75, 3.05) is 0 Å². The Balaban J connectivity index is 2.30. The molecule has 0 aliphatic carbocycles. The molecule has 0 aliphatic rings. The number of halogens is 2. The van der Waals surface area contributed by atoms with Gasteiger partial charge in [-0.3, -0.25) is 9.67 Å². The number of hydrogen-bond donors (Lipinski definition) is 0. The van der Waals surface area contributed by atoms with Crippen molar-refractivity contribution in [2.45, 2.75) is 20.4 Å². The molecule has 84 valence electrons. The third kappa shape index (κ3) is 2.28. The largest absolute Gasteiger partial charge is 0.264 e. The van der Waals surface area contributed by atoms with Gasteiger partial charge in [0, 0.05) is 16.9 Å². The molecule has 0 N–H and O–H groups in total. The highest BCUT2D eigenvalue weighted by atomic mass is 79.9. The molecule has 16 heavy (non-hydrogen) atoms. The highest BCUT2D eigenvalue weighted by Gasteiger charge is 2.09. The van der Waals surface area contributed by atoms with Crippen LogP contribution in [0.15, 0.2) is 22.9 Å². The SMILES string of the molecule is Cc1nn(Cc2cncc(Br)c2)c(C)c1Cl. The minimum Gasteiger partial charge on any atom is -0.264 e. The average molecular weight is 301 g/mol. The molecule has 0 radical (unpaired) electrons. The third-order valence-electron chi connectivity index (χ3n) is 2.39. The molecule has 2 aromatic rings. The second kappa shape index (κ2) is 4.55. The summed E-state index contributed by atoms with van der Waals surface area (Å²) in [7, 11) is 0. The molecule has 0 spiro atoms. The summed E-state index contributed by atoms with van der Waals surface area (Å²) in [5, 5.41) is 5.12. The molecule has 0 saturated heterocycles. The van der Waals surface area contributed by atoms with E-state index in [1.807, 2.05) is 30.8 Å². The van der Waals surface area contributed by atoms with Gasteiger partial charge in [0.05, 0.1) is 23.0 Å². The predicted octanol–water partition coefficient (Wildman–Crippen LogP) is 3.36. The molecule has 0 aromatic carbocycles. The molecule has 0 aliphatic heterocycles. The number of aryl methyl sites for hydroxylation is 1. The normalized spacial score (nSPS) is 10.8. The summed E-state index contributed by atoms with van der Waals surface area (Å²) in [4.78, 5) is 4.12. The minimum absolute atomic E-state index is 0.686. The Morgan fingerprint density at radius 1 is 1.38 bits per heavy atom. The maximum atomic E-state index is 6.09. The van der Waals surface area contributed by atoms with E-state index in [1.165, 1.54) is 0 Å². The fraction of sp³-hybridized carbons (Fsp3) is 0.273. The van der Waals surface area contributed by atoms with Crippen molar-refractivity contribution in [3.8, 4) is 0 Å². The van der Waals surface area contributed by atoms with Crippen LogP contribution in [0.4, 0.5) is 0 Å². The lowest BCUT2D eigenvalue weighted by Gasteiger charge is -2.04. The van der Waals surface area contributed by atoms with Crippen LogP contribution in [0.5, 0.6) is 0 Å².